The van der Waals surface area contributed by atoms with Crippen molar-refractivity contribution in [1.29, 1.82) is 0 Å². The Balaban J connectivity index is 2.08. The SMILES string of the molecule is COC(=O)c1ccc2c(n1)nc(C)n2Cc1c(Cl)cc(Cl)cc1Cl. The smallest absolute Gasteiger partial charge is 0.356 e. The van der Waals surface area contributed by atoms with Gasteiger partial charge < -0.3 is 9.30 Å². The number of hydrogen-bond acceptors (Lipinski definition) is 4. The van der Waals surface area contributed by atoms with Crippen LogP contribution >= 0.6 is 34.8 Å². The lowest BCUT2D eigenvalue weighted by Crippen LogP contribution is -2.05. The van der Waals surface area contributed by atoms with Gasteiger partial charge in [0.1, 0.15) is 5.82 Å². The minimum Gasteiger partial charge on any atom is -0.464 e. The van der Waals surface area contributed by atoms with Crippen LogP contribution in [0.1, 0.15) is 21.9 Å². The number of halogens is 3. The molecule has 124 valence electrons. The second-order valence-corrected chi connectivity index (χ2v) is 6.37. The summed E-state index contributed by atoms with van der Waals surface area (Å²) in [7, 11) is 1.31. The van der Waals surface area contributed by atoms with Crippen molar-refractivity contribution in [1.82, 2.24) is 14.5 Å². The Labute approximate surface area is 153 Å². The number of esters is 1. The highest BCUT2D eigenvalue weighted by Crippen LogP contribution is 2.30. The highest BCUT2D eigenvalue weighted by Gasteiger charge is 2.16. The number of carbonyl (C=O) groups excluding carboxylic acids is 1. The molecule has 0 radical (unpaired) electrons. The molecule has 0 amide bonds. The standard InChI is InChI=1S/C16H12Cl3N3O2/c1-8-20-15-14(4-3-13(21-15)16(23)24-2)22(8)7-10-11(18)5-9(17)6-12(10)19/h3-6H,7H2,1-2H3. The van der Waals surface area contributed by atoms with Crippen molar-refractivity contribution in [2.75, 3.05) is 7.11 Å². The van der Waals surface area contributed by atoms with Gasteiger partial charge in [0, 0.05) is 20.6 Å². The van der Waals surface area contributed by atoms with E-state index in [9.17, 15) is 4.79 Å². The number of hydrogen-bond donors (Lipinski definition) is 0. The summed E-state index contributed by atoms with van der Waals surface area (Å²) < 4.78 is 6.60. The third-order valence-corrected chi connectivity index (χ3v) is 4.51. The van der Waals surface area contributed by atoms with Gasteiger partial charge >= 0.3 is 5.97 Å². The molecule has 2 aromatic heterocycles. The molecule has 0 saturated carbocycles. The van der Waals surface area contributed by atoms with E-state index in [-0.39, 0.29) is 5.69 Å². The summed E-state index contributed by atoms with van der Waals surface area (Å²) in [6.07, 6.45) is 0. The quantitative estimate of drug-likeness (QED) is 0.622. The number of benzene rings is 1. The van der Waals surface area contributed by atoms with Gasteiger partial charge in [-0.2, -0.15) is 0 Å². The molecule has 0 spiro atoms. The van der Waals surface area contributed by atoms with Gasteiger partial charge in [-0.3, -0.25) is 0 Å². The Kier molecular flexibility index (Phi) is 4.67. The van der Waals surface area contributed by atoms with Gasteiger partial charge in [-0.05, 0) is 31.2 Å². The Morgan fingerprint density at radius 1 is 1.17 bits per heavy atom. The summed E-state index contributed by atoms with van der Waals surface area (Å²) in [5.74, 6) is 0.217. The second-order valence-electron chi connectivity index (χ2n) is 5.12. The molecular formula is C16H12Cl3N3O2. The fraction of sp³-hybridized carbons (Fsp3) is 0.188. The Morgan fingerprint density at radius 2 is 1.83 bits per heavy atom. The van der Waals surface area contributed by atoms with Crippen LogP contribution < -0.4 is 0 Å². The van der Waals surface area contributed by atoms with Gasteiger partial charge in [0.2, 0.25) is 0 Å². The van der Waals surface area contributed by atoms with E-state index in [0.29, 0.717) is 27.3 Å². The van der Waals surface area contributed by atoms with Crippen LogP contribution in [0.5, 0.6) is 0 Å². The van der Waals surface area contributed by atoms with E-state index in [2.05, 4.69) is 14.7 Å². The van der Waals surface area contributed by atoms with Crippen LogP contribution in [-0.4, -0.2) is 27.6 Å². The zero-order valence-electron chi connectivity index (χ0n) is 12.8. The zero-order valence-corrected chi connectivity index (χ0v) is 15.1. The molecule has 8 heteroatoms. The van der Waals surface area contributed by atoms with Crippen molar-refractivity contribution in [2.45, 2.75) is 13.5 Å². The molecule has 0 aliphatic rings. The maximum Gasteiger partial charge on any atom is 0.356 e. The Bertz CT molecular complexity index is 930. The summed E-state index contributed by atoms with van der Waals surface area (Å²) in [6, 6.07) is 6.65. The predicted octanol–water partition coefficient (Wildman–Crippen LogP) is 4.53. The zero-order chi connectivity index (χ0) is 17.4. The molecule has 2 heterocycles. The summed E-state index contributed by atoms with van der Waals surface area (Å²) in [6.45, 7) is 2.26. The summed E-state index contributed by atoms with van der Waals surface area (Å²) >= 11 is 18.5. The molecule has 24 heavy (non-hydrogen) atoms. The summed E-state index contributed by atoms with van der Waals surface area (Å²) in [5.41, 5.74) is 2.17. The lowest BCUT2D eigenvalue weighted by atomic mass is 10.2. The first-order valence-electron chi connectivity index (χ1n) is 6.96. The second kappa shape index (κ2) is 6.59. The lowest BCUT2D eigenvalue weighted by molar-refractivity contribution is 0.0594. The van der Waals surface area contributed by atoms with Crippen molar-refractivity contribution in [3.8, 4) is 0 Å². The number of imidazole rings is 1. The molecule has 5 nitrogen and oxygen atoms in total. The van der Waals surface area contributed by atoms with E-state index in [1.165, 1.54) is 7.11 Å². The molecule has 1 aromatic carbocycles. The van der Waals surface area contributed by atoms with Crippen LogP contribution in [-0.2, 0) is 11.3 Å². The number of methoxy groups -OCH3 is 1. The molecule has 3 aromatic rings. The normalized spacial score (nSPS) is 11.0. The van der Waals surface area contributed by atoms with E-state index in [1.54, 1.807) is 24.3 Å². The Morgan fingerprint density at radius 3 is 2.46 bits per heavy atom. The maximum atomic E-state index is 11.6. The van der Waals surface area contributed by atoms with Crippen molar-refractivity contribution in [2.24, 2.45) is 0 Å². The van der Waals surface area contributed by atoms with E-state index in [1.807, 2.05) is 11.5 Å². The van der Waals surface area contributed by atoms with Crippen molar-refractivity contribution >= 4 is 51.9 Å². The predicted molar refractivity (Wildman–Crippen MR) is 94.2 cm³/mol. The van der Waals surface area contributed by atoms with Crippen LogP contribution in [0.4, 0.5) is 0 Å². The molecule has 0 aliphatic heterocycles. The monoisotopic (exact) mass is 383 g/mol. The summed E-state index contributed by atoms with van der Waals surface area (Å²) in [4.78, 5) is 20.2. The van der Waals surface area contributed by atoms with E-state index in [4.69, 9.17) is 34.8 Å². The van der Waals surface area contributed by atoms with Crippen LogP contribution in [0.25, 0.3) is 11.2 Å². The fourth-order valence-electron chi connectivity index (χ4n) is 2.42. The first kappa shape index (κ1) is 17.0. The van der Waals surface area contributed by atoms with E-state index < -0.39 is 5.97 Å². The third kappa shape index (κ3) is 3.07. The van der Waals surface area contributed by atoms with E-state index in [0.717, 1.165) is 16.9 Å². The number of aromatic nitrogens is 3. The number of carbonyl (C=O) groups is 1. The van der Waals surface area contributed by atoms with Gasteiger partial charge in [-0.1, -0.05) is 34.8 Å². The number of nitrogens with zero attached hydrogens (tertiary/aromatic N) is 3. The van der Waals surface area contributed by atoms with Gasteiger partial charge in [0.05, 0.1) is 19.2 Å². The third-order valence-electron chi connectivity index (χ3n) is 3.62. The van der Waals surface area contributed by atoms with Gasteiger partial charge in [0.25, 0.3) is 0 Å². The van der Waals surface area contributed by atoms with Crippen LogP contribution in [0.3, 0.4) is 0 Å². The first-order valence-corrected chi connectivity index (χ1v) is 8.09. The van der Waals surface area contributed by atoms with Gasteiger partial charge in [-0.25, -0.2) is 14.8 Å². The van der Waals surface area contributed by atoms with E-state index >= 15 is 0 Å². The average molecular weight is 385 g/mol. The molecule has 3 rings (SSSR count). The van der Waals surface area contributed by atoms with Crippen LogP contribution in [0, 0.1) is 6.92 Å². The van der Waals surface area contributed by atoms with Gasteiger partial charge in [-0.15, -0.1) is 0 Å². The molecule has 0 bridgehead atoms. The number of aryl methyl sites for hydroxylation is 1. The molecule has 0 unspecified atom stereocenters. The number of pyridine rings is 1. The first-order chi connectivity index (χ1) is 11.4. The average Bonchev–Trinajstić information content (AvgIpc) is 2.84. The number of ether oxygens (including phenoxy) is 1. The number of fused-ring (bicyclic) bond motifs is 1. The van der Waals surface area contributed by atoms with Crippen molar-refractivity contribution in [3.05, 3.63) is 56.4 Å². The number of rotatable bonds is 3. The molecule has 0 N–H and O–H groups in total. The molecule has 0 atom stereocenters. The lowest BCUT2D eigenvalue weighted by Gasteiger charge is -2.11. The minimum atomic E-state index is -0.507. The Hall–Kier alpha value is -1.82. The van der Waals surface area contributed by atoms with Gasteiger partial charge in [0.15, 0.2) is 11.3 Å². The topological polar surface area (TPSA) is 57.0 Å². The molecule has 0 fully saturated rings. The summed E-state index contributed by atoms with van der Waals surface area (Å²) in [5, 5.41) is 1.44. The van der Waals surface area contributed by atoms with Crippen molar-refractivity contribution in [3.63, 3.8) is 0 Å². The molecular weight excluding hydrogens is 373 g/mol. The largest absolute Gasteiger partial charge is 0.464 e. The van der Waals surface area contributed by atoms with Crippen LogP contribution in [0.15, 0.2) is 24.3 Å². The highest BCUT2D eigenvalue weighted by molar-refractivity contribution is 6.39. The maximum absolute atomic E-state index is 11.6. The van der Waals surface area contributed by atoms with Crippen LogP contribution in [0.2, 0.25) is 15.1 Å². The fourth-order valence-corrected chi connectivity index (χ4v) is 3.36. The highest BCUT2D eigenvalue weighted by atomic mass is 35.5. The minimum absolute atomic E-state index is 0.206. The van der Waals surface area contributed by atoms with Crippen molar-refractivity contribution < 1.29 is 9.53 Å². The molecule has 0 saturated heterocycles. The molecule has 0 aliphatic carbocycles.